The number of thioether (sulfide) groups is 1. The van der Waals surface area contributed by atoms with Gasteiger partial charge in [0.05, 0.1) is 11.4 Å². The Balaban J connectivity index is 2.47. The number of hydrogen-bond donors (Lipinski definition) is 1. The molecule has 21 heavy (non-hydrogen) atoms. The van der Waals surface area contributed by atoms with Crippen LogP contribution in [0.1, 0.15) is 57.3 Å². The third kappa shape index (κ3) is 6.12. The fraction of sp³-hybridized carbons (Fsp3) is 0.750. The molecule has 0 aliphatic rings. The van der Waals surface area contributed by atoms with Crippen LogP contribution in [0, 0.1) is 13.8 Å². The Morgan fingerprint density at radius 3 is 2.57 bits per heavy atom. The van der Waals surface area contributed by atoms with E-state index in [4.69, 9.17) is 0 Å². The molecule has 0 saturated carbocycles. The Morgan fingerprint density at radius 2 is 1.90 bits per heavy atom. The zero-order chi connectivity index (χ0) is 15.7. The first-order valence-electron chi connectivity index (χ1n) is 8.03. The maximum atomic E-state index is 11.8. The molecule has 1 aromatic rings. The highest BCUT2D eigenvalue weighted by Crippen LogP contribution is 2.21. The van der Waals surface area contributed by atoms with Crippen molar-refractivity contribution >= 4 is 17.7 Å². The van der Waals surface area contributed by atoms with Crippen molar-refractivity contribution < 1.29 is 4.79 Å². The first-order chi connectivity index (χ1) is 10.1. The second-order valence-corrected chi connectivity index (χ2v) is 6.36. The standard InChI is InChI=1S/C16H29N3OS/c1-5-7-9-10-17-15(20)12-21-16-18-13(3)14(4)19(16)11-8-6-2/h5-12H2,1-4H3,(H,17,20). The average Bonchev–Trinajstić information content (AvgIpc) is 2.74. The number of nitrogens with one attached hydrogen (secondary N) is 1. The lowest BCUT2D eigenvalue weighted by Crippen LogP contribution is -2.26. The molecule has 4 nitrogen and oxygen atoms in total. The van der Waals surface area contributed by atoms with Gasteiger partial charge in [-0.2, -0.15) is 0 Å². The van der Waals surface area contributed by atoms with Crippen molar-refractivity contribution in [3.63, 3.8) is 0 Å². The lowest BCUT2D eigenvalue weighted by atomic mass is 10.2. The molecule has 0 aliphatic carbocycles. The fourth-order valence-electron chi connectivity index (χ4n) is 2.10. The van der Waals surface area contributed by atoms with Crippen molar-refractivity contribution in [2.24, 2.45) is 0 Å². The molecule has 1 N–H and O–H groups in total. The van der Waals surface area contributed by atoms with Crippen LogP contribution in [0.3, 0.4) is 0 Å². The maximum Gasteiger partial charge on any atom is 0.230 e. The Hall–Kier alpha value is -0.970. The Morgan fingerprint density at radius 1 is 1.19 bits per heavy atom. The van der Waals surface area contributed by atoms with Gasteiger partial charge in [-0.3, -0.25) is 4.79 Å². The highest BCUT2D eigenvalue weighted by atomic mass is 32.2. The molecule has 0 saturated heterocycles. The molecule has 0 aliphatic heterocycles. The van der Waals surface area contributed by atoms with Crippen molar-refractivity contribution in [1.29, 1.82) is 0 Å². The van der Waals surface area contributed by atoms with E-state index in [0.29, 0.717) is 5.75 Å². The smallest absolute Gasteiger partial charge is 0.230 e. The van der Waals surface area contributed by atoms with Gasteiger partial charge >= 0.3 is 0 Å². The van der Waals surface area contributed by atoms with Crippen molar-refractivity contribution in [3.8, 4) is 0 Å². The molecule has 0 fully saturated rings. The Labute approximate surface area is 133 Å². The van der Waals surface area contributed by atoms with Crippen LogP contribution >= 0.6 is 11.8 Å². The summed E-state index contributed by atoms with van der Waals surface area (Å²) < 4.78 is 2.24. The molecule has 1 aromatic heterocycles. The van der Waals surface area contributed by atoms with Crippen LogP contribution in [0.15, 0.2) is 5.16 Å². The van der Waals surface area contributed by atoms with Crippen LogP contribution in [0.2, 0.25) is 0 Å². The fourth-order valence-corrected chi connectivity index (χ4v) is 3.04. The summed E-state index contributed by atoms with van der Waals surface area (Å²) in [4.78, 5) is 16.4. The van der Waals surface area contributed by atoms with E-state index in [9.17, 15) is 4.79 Å². The van der Waals surface area contributed by atoms with E-state index in [2.05, 4.69) is 35.6 Å². The second kappa shape index (κ2) is 9.87. The van der Waals surface area contributed by atoms with Crippen molar-refractivity contribution in [3.05, 3.63) is 11.4 Å². The van der Waals surface area contributed by atoms with Crippen molar-refractivity contribution in [1.82, 2.24) is 14.9 Å². The number of amides is 1. The summed E-state index contributed by atoms with van der Waals surface area (Å²) in [6, 6.07) is 0. The summed E-state index contributed by atoms with van der Waals surface area (Å²) in [5.74, 6) is 0.560. The summed E-state index contributed by atoms with van der Waals surface area (Å²) in [6.45, 7) is 10.3. The quantitative estimate of drug-likeness (QED) is 0.529. The van der Waals surface area contributed by atoms with Gasteiger partial charge in [0.15, 0.2) is 5.16 Å². The van der Waals surface area contributed by atoms with Crippen LogP contribution < -0.4 is 5.32 Å². The number of hydrogen-bond acceptors (Lipinski definition) is 3. The van der Waals surface area contributed by atoms with Crippen LogP contribution in [0.25, 0.3) is 0 Å². The average molecular weight is 311 g/mol. The first-order valence-corrected chi connectivity index (χ1v) is 9.01. The molecule has 0 unspecified atom stereocenters. The molecule has 0 spiro atoms. The number of carbonyl (C=O) groups is 1. The highest BCUT2D eigenvalue weighted by Gasteiger charge is 2.12. The lowest BCUT2D eigenvalue weighted by Gasteiger charge is -2.09. The van der Waals surface area contributed by atoms with Gasteiger partial charge in [-0.15, -0.1) is 0 Å². The zero-order valence-electron chi connectivity index (χ0n) is 13.9. The molecule has 1 rings (SSSR count). The molecule has 0 aromatic carbocycles. The summed E-state index contributed by atoms with van der Waals surface area (Å²) in [6.07, 6.45) is 5.73. The molecular formula is C16H29N3OS. The minimum Gasteiger partial charge on any atom is -0.355 e. The maximum absolute atomic E-state index is 11.8. The minimum atomic E-state index is 0.108. The third-order valence-electron chi connectivity index (χ3n) is 3.59. The number of imidazole rings is 1. The Kier molecular flexibility index (Phi) is 8.50. The number of unbranched alkanes of at least 4 members (excludes halogenated alkanes) is 3. The number of aryl methyl sites for hydroxylation is 1. The summed E-state index contributed by atoms with van der Waals surface area (Å²) in [5.41, 5.74) is 2.28. The van der Waals surface area contributed by atoms with Gasteiger partial charge in [0.2, 0.25) is 5.91 Å². The van der Waals surface area contributed by atoms with Crippen molar-refractivity contribution in [2.75, 3.05) is 12.3 Å². The van der Waals surface area contributed by atoms with Crippen LogP contribution in [-0.2, 0) is 11.3 Å². The third-order valence-corrected chi connectivity index (χ3v) is 4.57. The monoisotopic (exact) mass is 311 g/mol. The SMILES string of the molecule is CCCCCNC(=O)CSc1nc(C)c(C)n1CCCC. The van der Waals surface area contributed by atoms with Gasteiger partial charge in [-0.1, -0.05) is 44.9 Å². The first kappa shape index (κ1) is 18.1. The zero-order valence-corrected chi connectivity index (χ0v) is 14.7. The molecule has 5 heteroatoms. The van der Waals surface area contributed by atoms with Gasteiger partial charge in [0, 0.05) is 18.8 Å². The van der Waals surface area contributed by atoms with E-state index in [0.717, 1.165) is 36.8 Å². The van der Waals surface area contributed by atoms with E-state index in [1.54, 1.807) is 11.8 Å². The van der Waals surface area contributed by atoms with Crippen molar-refractivity contribution in [2.45, 2.75) is 71.5 Å². The number of aromatic nitrogens is 2. The number of rotatable bonds is 10. The largest absolute Gasteiger partial charge is 0.355 e. The van der Waals surface area contributed by atoms with Gasteiger partial charge in [0.25, 0.3) is 0 Å². The van der Waals surface area contributed by atoms with Gasteiger partial charge in [-0.25, -0.2) is 4.98 Å². The predicted octanol–water partition coefficient (Wildman–Crippen LogP) is 3.70. The lowest BCUT2D eigenvalue weighted by molar-refractivity contribution is -0.118. The highest BCUT2D eigenvalue weighted by molar-refractivity contribution is 7.99. The second-order valence-electron chi connectivity index (χ2n) is 5.42. The molecule has 0 radical (unpaired) electrons. The summed E-state index contributed by atoms with van der Waals surface area (Å²) in [7, 11) is 0. The number of carbonyl (C=O) groups excluding carboxylic acids is 1. The van der Waals surface area contributed by atoms with E-state index in [-0.39, 0.29) is 5.91 Å². The predicted molar refractivity (Wildman–Crippen MR) is 89.9 cm³/mol. The molecular weight excluding hydrogens is 282 g/mol. The van der Waals surface area contributed by atoms with E-state index >= 15 is 0 Å². The van der Waals surface area contributed by atoms with E-state index in [1.165, 1.54) is 25.0 Å². The Bertz CT molecular complexity index is 443. The molecule has 1 amide bonds. The minimum absolute atomic E-state index is 0.108. The van der Waals surface area contributed by atoms with Crippen LogP contribution in [0.5, 0.6) is 0 Å². The van der Waals surface area contributed by atoms with Gasteiger partial charge in [-0.05, 0) is 26.7 Å². The van der Waals surface area contributed by atoms with E-state index in [1.807, 2.05) is 6.92 Å². The normalized spacial score (nSPS) is 10.9. The van der Waals surface area contributed by atoms with E-state index < -0.39 is 0 Å². The molecule has 0 bridgehead atoms. The van der Waals surface area contributed by atoms with Gasteiger partial charge < -0.3 is 9.88 Å². The summed E-state index contributed by atoms with van der Waals surface area (Å²) in [5, 5.41) is 3.95. The van der Waals surface area contributed by atoms with Gasteiger partial charge in [0.1, 0.15) is 0 Å². The molecule has 0 atom stereocenters. The molecule has 120 valence electrons. The topological polar surface area (TPSA) is 46.9 Å². The molecule has 1 heterocycles. The van der Waals surface area contributed by atoms with Crippen LogP contribution in [0.4, 0.5) is 0 Å². The summed E-state index contributed by atoms with van der Waals surface area (Å²) >= 11 is 1.54. The van der Waals surface area contributed by atoms with Crippen LogP contribution in [-0.4, -0.2) is 27.8 Å². The number of nitrogens with zero attached hydrogens (tertiary/aromatic N) is 2.